The second-order valence-electron chi connectivity index (χ2n) is 6.62. The molecule has 144 valence electrons. The third kappa shape index (κ3) is 3.12. The lowest BCUT2D eigenvalue weighted by molar-refractivity contribution is 0.415. The maximum absolute atomic E-state index is 12.7. The zero-order valence-corrected chi connectivity index (χ0v) is 15.6. The number of nitrogens with zero attached hydrogens (tertiary/aromatic N) is 1. The summed E-state index contributed by atoms with van der Waals surface area (Å²) in [4.78, 5) is 19.9. The fourth-order valence-electron chi connectivity index (χ4n) is 3.39. The van der Waals surface area contributed by atoms with Gasteiger partial charge in [0.25, 0.3) is 0 Å². The molecule has 0 aliphatic rings. The van der Waals surface area contributed by atoms with E-state index in [4.69, 9.17) is 13.6 Å². The Morgan fingerprint density at radius 1 is 1.17 bits per heavy atom. The normalized spacial score (nSPS) is 11.2. The Balaban J connectivity index is 1.49. The number of nitrogens with one attached hydrogen (secondary N) is 2. The highest BCUT2D eigenvalue weighted by Gasteiger charge is 2.13. The number of ether oxygens (including phenoxy) is 1. The molecular weight excluding hydrogens is 370 g/mol. The van der Waals surface area contributed by atoms with Gasteiger partial charge in [-0.15, -0.1) is 0 Å². The van der Waals surface area contributed by atoms with Crippen molar-refractivity contribution in [2.75, 3.05) is 12.4 Å². The number of hydrogen-bond acceptors (Lipinski definition) is 6. The quantitative estimate of drug-likeness (QED) is 0.460. The molecule has 0 amide bonds. The monoisotopic (exact) mass is 387 g/mol. The fourth-order valence-corrected chi connectivity index (χ4v) is 3.39. The number of rotatable bonds is 5. The Morgan fingerprint density at radius 3 is 2.86 bits per heavy atom. The van der Waals surface area contributed by atoms with E-state index in [9.17, 15) is 4.79 Å². The van der Waals surface area contributed by atoms with Crippen LogP contribution in [-0.2, 0) is 6.54 Å². The Bertz CT molecular complexity index is 1330. The van der Waals surface area contributed by atoms with E-state index in [-0.39, 0.29) is 5.43 Å². The topological polar surface area (TPSA) is 93.3 Å². The molecule has 2 N–H and O–H groups in total. The molecule has 0 radical (unpaired) electrons. The van der Waals surface area contributed by atoms with Gasteiger partial charge in [-0.25, -0.2) is 4.98 Å². The molecule has 0 spiro atoms. The Hall–Kier alpha value is -4.00. The van der Waals surface area contributed by atoms with Crippen LogP contribution >= 0.6 is 0 Å². The number of H-pyrrole nitrogens is 1. The average molecular weight is 387 g/mol. The molecule has 0 fully saturated rings. The summed E-state index contributed by atoms with van der Waals surface area (Å²) in [5.41, 5.74) is 2.05. The largest absolute Gasteiger partial charge is 0.496 e. The van der Waals surface area contributed by atoms with Gasteiger partial charge in [0, 0.05) is 22.9 Å². The van der Waals surface area contributed by atoms with Crippen LogP contribution in [0.5, 0.6) is 5.75 Å². The molecule has 3 aromatic heterocycles. The molecule has 0 bridgehead atoms. The number of oxazole rings is 1. The summed E-state index contributed by atoms with van der Waals surface area (Å²) in [5, 5.41) is 4.79. The van der Waals surface area contributed by atoms with Crippen LogP contribution in [0.4, 0.5) is 5.82 Å². The van der Waals surface area contributed by atoms with Gasteiger partial charge in [0.15, 0.2) is 17.6 Å². The highest BCUT2D eigenvalue weighted by Crippen LogP contribution is 2.33. The second kappa shape index (κ2) is 6.87. The minimum Gasteiger partial charge on any atom is -0.496 e. The van der Waals surface area contributed by atoms with Crippen molar-refractivity contribution in [3.8, 4) is 17.1 Å². The van der Waals surface area contributed by atoms with Gasteiger partial charge < -0.3 is 23.9 Å². The molecule has 2 aromatic carbocycles. The zero-order chi connectivity index (χ0) is 19.8. The van der Waals surface area contributed by atoms with Gasteiger partial charge >= 0.3 is 0 Å². The van der Waals surface area contributed by atoms with Gasteiger partial charge in [-0.05, 0) is 18.2 Å². The van der Waals surface area contributed by atoms with E-state index in [0.717, 1.165) is 16.7 Å². The molecule has 0 unspecified atom stereocenters. The predicted molar refractivity (Wildman–Crippen MR) is 110 cm³/mol. The van der Waals surface area contributed by atoms with Gasteiger partial charge in [0.05, 0.1) is 30.9 Å². The van der Waals surface area contributed by atoms with E-state index in [1.165, 1.54) is 12.5 Å². The molecule has 0 saturated carbocycles. The number of furan rings is 1. The van der Waals surface area contributed by atoms with E-state index in [1.54, 1.807) is 25.4 Å². The molecule has 7 nitrogen and oxygen atoms in total. The second-order valence-corrected chi connectivity index (χ2v) is 6.62. The minimum atomic E-state index is -0.116. The first kappa shape index (κ1) is 17.1. The molecule has 0 aliphatic heterocycles. The molecule has 0 aliphatic carbocycles. The van der Waals surface area contributed by atoms with Gasteiger partial charge in [-0.1, -0.05) is 18.2 Å². The zero-order valence-electron chi connectivity index (χ0n) is 15.6. The summed E-state index contributed by atoms with van der Waals surface area (Å²) in [6, 6.07) is 14.9. The first-order valence-electron chi connectivity index (χ1n) is 9.06. The number of methoxy groups -OCH3 is 1. The van der Waals surface area contributed by atoms with Crippen LogP contribution in [0, 0.1) is 0 Å². The van der Waals surface area contributed by atoms with Crippen LogP contribution in [0.25, 0.3) is 33.2 Å². The SMILES string of the molecule is COc1cc2[nH]c(NCc3cc4ccccc4o3)cc(=O)c2cc1-c1cnco1. The summed E-state index contributed by atoms with van der Waals surface area (Å²) in [6.07, 6.45) is 2.93. The lowest BCUT2D eigenvalue weighted by Gasteiger charge is -2.10. The maximum atomic E-state index is 12.7. The number of anilines is 1. The van der Waals surface area contributed by atoms with E-state index >= 15 is 0 Å². The van der Waals surface area contributed by atoms with Gasteiger partial charge in [-0.3, -0.25) is 4.79 Å². The van der Waals surface area contributed by atoms with Crippen molar-refractivity contribution in [3.63, 3.8) is 0 Å². The van der Waals surface area contributed by atoms with Crippen molar-refractivity contribution in [1.82, 2.24) is 9.97 Å². The number of hydrogen-bond donors (Lipinski definition) is 2. The summed E-state index contributed by atoms with van der Waals surface area (Å²) >= 11 is 0. The van der Waals surface area contributed by atoms with Crippen molar-refractivity contribution < 1.29 is 13.6 Å². The highest BCUT2D eigenvalue weighted by molar-refractivity contribution is 5.88. The summed E-state index contributed by atoms with van der Waals surface area (Å²) in [5.74, 6) is 2.50. The molecule has 3 heterocycles. The van der Waals surface area contributed by atoms with Crippen molar-refractivity contribution in [3.05, 3.63) is 77.1 Å². The van der Waals surface area contributed by atoms with E-state index in [0.29, 0.717) is 40.3 Å². The number of para-hydroxylation sites is 1. The van der Waals surface area contributed by atoms with Crippen molar-refractivity contribution in [1.29, 1.82) is 0 Å². The van der Waals surface area contributed by atoms with Crippen LogP contribution in [0.3, 0.4) is 0 Å². The molecule has 7 heteroatoms. The lowest BCUT2D eigenvalue weighted by Crippen LogP contribution is -2.08. The van der Waals surface area contributed by atoms with Crippen molar-refractivity contribution in [2.24, 2.45) is 0 Å². The fraction of sp³-hybridized carbons (Fsp3) is 0.0909. The van der Waals surface area contributed by atoms with E-state index < -0.39 is 0 Å². The number of benzene rings is 2. The Kier molecular flexibility index (Phi) is 4.05. The smallest absolute Gasteiger partial charge is 0.191 e. The summed E-state index contributed by atoms with van der Waals surface area (Å²) in [7, 11) is 1.57. The van der Waals surface area contributed by atoms with Crippen LogP contribution in [0.15, 0.2) is 74.8 Å². The molecule has 0 atom stereocenters. The summed E-state index contributed by atoms with van der Waals surface area (Å²) < 4.78 is 16.6. The van der Waals surface area contributed by atoms with Gasteiger partial charge in [0.1, 0.15) is 22.9 Å². The van der Waals surface area contributed by atoms with E-state index in [1.807, 2.05) is 30.3 Å². The molecule has 29 heavy (non-hydrogen) atoms. The van der Waals surface area contributed by atoms with Crippen molar-refractivity contribution in [2.45, 2.75) is 6.54 Å². The maximum Gasteiger partial charge on any atom is 0.191 e. The Morgan fingerprint density at radius 2 is 2.07 bits per heavy atom. The molecule has 0 saturated heterocycles. The molecular formula is C22H17N3O4. The number of aromatic nitrogens is 2. The standard InChI is InChI=1S/C22H17N3O4/c1-27-20-8-17-15(7-16(20)21-11-23-12-28-21)18(26)9-22(25-17)24-10-14-6-13-4-2-3-5-19(13)29-14/h2-9,11-12H,10H2,1H3,(H2,24,25,26). The molecule has 5 aromatic rings. The first-order chi connectivity index (χ1) is 14.2. The highest BCUT2D eigenvalue weighted by atomic mass is 16.5. The van der Waals surface area contributed by atoms with Crippen LogP contribution in [0.1, 0.15) is 5.76 Å². The Labute approximate surface area is 164 Å². The third-order valence-electron chi connectivity index (χ3n) is 4.78. The average Bonchev–Trinajstić information content (AvgIpc) is 3.41. The first-order valence-corrected chi connectivity index (χ1v) is 9.06. The molecule has 5 rings (SSSR count). The number of fused-ring (bicyclic) bond motifs is 2. The predicted octanol–water partition coefficient (Wildman–Crippen LogP) is 4.55. The van der Waals surface area contributed by atoms with Crippen LogP contribution in [-0.4, -0.2) is 17.1 Å². The number of pyridine rings is 1. The van der Waals surface area contributed by atoms with E-state index in [2.05, 4.69) is 15.3 Å². The van der Waals surface area contributed by atoms with Crippen LogP contribution in [0.2, 0.25) is 0 Å². The summed E-state index contributed by atoms with van der Waals surface area (Å²) in [6.45, 7) is 0.448. The van der Waals surface area contributed by atoms with Gasteiger partial charge in [0.2, 0.25) is 0 Å². The van der Waals surface area contributed by atoms with Crippen LogP contribution < -0.4 is 15.5 Å². The van der Waals surface area contributed by atoms with Crippen molar-refractivity contribution >= 4 is 27.7 Å². The van der Waals surface area contributed by atoms with Gasteiger partial charge in [-0.2, -0.15) is 0 Å². The third-order valence-corrected chi connectivity index (χ3v) is 4.78. The lowest BCUT2D eigenvalue weighted by atomic mass is 10.1. The minimum absolute atomic E-state index is 0.116. The number of aromatic amines is 1.